The van der Waals surface area contributed by atoms with Crippen molar-refractivity contribution >= 4 is 12.0 Å². The molecule has 0 aliphatic carbocycles. The normalized spacial score (nSPS) is 19.1. The zero-order chi connectivity index (χ0) is 28.6. The van der Waals surface area contributed by atoms with Crippen LogP contribution in [0.25, 0.3) is 0 Å². The summed E-state index contributed by atoms with van der Waals surface area (Å²) >= 11 is 0. The summed E-state index contributed by atoms with van der Waals surface area (Å²) in [7, 11) is 1.54. The monoisotopic (exact) mass is 548 g/mol. The van der Waals surface area contributed by atoms with Crippen LogP contribution in [0.3, 0.4) is 0 Å². The maximum atomic E-state index is 14.0. The number of rotatable bonds is 11. The predicted octanol–water partition coefficient (Wildman–Crippen LogP) is 4.75. The largest absolute Gasteiger partial charge is 0.497 e. The van der Waals surface area contributed by atoms with E-state index in [-0.39, 0.29) is 25.3 Å². The van der Waals surface area contributed by atoms with Crippen molar-refractivity contribution in [1.82, 2.24) is 10.0 Å². The van der Waals surface area contributed by atoms with Crippen LogP contribution in [-0.4, -0.2) is 65.1 Å². The first kappa shape index (κ1) is 29.1. The Morgan fingerprint density at radius 2 is 1.55 bits per heavy atom. The molecule has 4 atom stereocenters. The summed E-state index contributed by atoms with van der Waals surface area (Å²) in [6, 6.07) is 24.9. The van der Waals surface area contributed by atoms with Gasteiger partial charge in [-0.15, -0.1) is 0 Å². The predicted molar refractivity (Wildman–Crippen MR) is 148 cm³/mol. The molecule has 4 rings (SSSR count). The van der Waals surface area contributed by atoms with E-state index in [0.29, 0.717) is 11.5 Å². The van der Waals surface area contributed by atoms with Crippen molar-refractivity contribution < 1.29 is 33.6 Å². The third-order valence-corrected chi connectivity index (χ3v) is 6.67. The minimum Gasteiger partial charge on any atom is -0.497 e. The number of hydrazine groups is 1. The first-order chi connectivity index (χ1) is 19.3. The van der Waals surface area contributed by atoms with Crippen LogP contribution < -0.4 is 9.47 Å². The second-order valence-corrected chi connectivity index (χ2v) is 9.86. The molecule has 0 spiro atoms. The van der Waals surface area contributed by atoms with Crippen molar-refractivity contribution in [2.24, 2.45) is 0 Å². The van der Waals surface area contributed by atoms with Crippen molar-refractivity contribution in [2.75, 3.05) is 13.7 Å². The van der Waals surface area contributed by atoms with Crippen molar-refractivity contribution in [3.63, 3.8) is 0 Å². The maximum Gasteiger partial charge on any atom is 0.432 e. The summed E-state index contributed by atoms with van der Waals surface area (Å²) in [5.41, 5.74) is 1.74. The summed E-state index contributed by atoms with van der Waals surface area (Å²) in [6.07, 6.45) is -4.27. The van der Waals surface area contributed by atoms with Gasteiger partial charge in [-0.05, 0) is 56.2 Å². The summed E-state index contributed by atoms with van der Waals surface area (Å²) in [5, 5.41) is 13.8. The molecule has 1 aliphatic heterocycles. The van der Waals surface area contributed by atoms with Gasteiger partial charge in [0, 0.05) is 6.04 Å². The molecule has 0 aromatic heterocycles. The molecule has 0 saturated carbocycles. The van der Waals surface area contributed by atoms with Gasteiger partial charge in [-0.3, -0.25) is 4.79 Å². The van der Waals surface area contributed by atoms with Crippen molar-refractivity contribution in [1.29, 1.82) is 0 Å². The molecule has 9 heteroatoms. The molecule has 9 nitrogen and oxygen atoms in total. The van der Waals surface area contributed by atoms with E-state index in [2.05, 4.69) is 0 Å². The Kier molecular flexibility index (Phi) is 9.76. The Balaban J connectivity index is 1.59. The summed E-state index contributed by atoms with van der Waals surface area (Å²) < 4.78 is 22.7. The van der Waals surface area contributed by atoms with Crippen LogP contribution in [-0.2, 0) is 20.9 Å². The molecule has 3 aromatic rings. The minimum absolute atomic E-state index is 0.200. The number of ether oxygens (including phenoxy) is 4. The van der Waals surface area contributed by atoms with Gasteiger partial charge in [-0.25, -0.2) is 4.79 Å². The van der Waals surface area contributed by atoms with Crippen LogP contribution in [0.1, 0.15) is 38.0 Å². The molecule has 3 aromatic carbocycles. The molecule has 1 fully saturated rings. The van der Waals surface area contributed by atoms with Gasteiger partial charge >= 0.3 is 6.09 Å². The van der Waals surface area contributed by atoms with E-state index >= 15 is 0 Å². The summed E-state index contributed by atoms with van der Waals surface area (Å²) in [6.45, 7) is 5.70. The van der Waals surface area contributed by atoms with Crippen LogP contribution in [0.5, 0.6) is 11.5 Å². The Bertz CT molecular complexity index is 1240. The number of cyclic esters (lactones) is 1. The van der Waals surface area contributed by atoms with Crippen LogP contribution in [0.4, 0.5) is 4.79 Å². The van der Waals surface area contributed by atoms with E-state index < -0.39 is 30.3 Å². The molecule has 0 unspecified atom stereocenters. The van der Waals surface area contributed by atoms with E-state index in [0.717, 1.165) is 16.1 Å². The lowest BCUT2D eigenvalue weighted by molar-refractivity contribution is -0.186. The van der Waals surface area contributed by atoms with Crippen LogP contribution >= 0.6 is 0 Å². The van der Waals surface area contributed by atoms with E-state index in [1.807, 2.05) is 81.4 Å². The van der Waals surface area contributed by atoms with Crippen molar-refractivity contribution in [3.8, 4) is 11.5 Å². The van der Waals surface area contributed by atoms with Crippen LogP contribution in [0.15, 0.2) is 84.9 Å². The van der Waals surface area contributed by atoms with E-state index in [9.17, 15) is 14.7 Å². The SMILES string of the molecule is COc1ccc(O[C@H](C(=O)N2C(=O)O[C@H](c3ccccc3)[C@H](C)N2C(C)C)[C@H](O)COCc2ccccc2)cc1. The number of amides is 2. The lowest BCUT2D eigenvalue weighted by Crippen LogP contribution is -2.65. The Hall–Kier alpha value is -3.92. The molecular weight excluding hydrogens is 512 g/mol. The molecular formula is C31H36N2O7. The van der Waals surface area contributed by atoms with Gasteiger partial charge in [0.1, 0.15) is 23.7 Å². The molecule has 1 aliphatic rings. The minimum atomic E-state index is -1.46. The van der Waals surface area contributed by atoms with Gasteiger partial charge in [0.15, 0.2) is 0 Å². The number of hydrogen-bond acceptors (Lipinski definition) is 8. The number of aliphatic hydroxyl groups excluding tert-OH is 1. The highest BCUT2D eigenvalue weighted by Gasteiger charge is 2.48. The third-order valence-electron chi connectivity index (χ3n) is 6.67. The quantitative estimate of drug-likeness (QED) is 0.367. The molecule has 1 N–H and O–H groups in total. The van der Waals surface area contributed by atoms with E-state index in [4.69, 9.17) is 18.9 Å². The number of carbonyl (C=O) groups excluding carboxylic acids is 2. The van der Waals surface area contributed by atoms with Gasteiger partial charge in [-0.1, -0.05) is 60.7 Å². The average Bonchev–Trinajstić information content (AvgIpc) is 2.97. The third kappa shape index (κ3) is 6.80. The molecule has 0 bridgehead atoms. The fourth-order valence-electron chi connectivity index (χ4n) is 4.74. The zero-order valence-corrected chi connectivity index (χ0v) is 23.2. The van der Waals surface area contributed by atoms with Gasteiger partial charge in [0.2, 0.25) is 6.10 Å². The first-order valence-electron chi connectivity index (χ1n) is 13.3. The fraction of sp³-hybridized carbons (Fsp3) is 0.355. The molecule has 2 amide bonds. The number of imide groups is 1. The number of hydrogen-bond donors (Lipinski definition) is 1. The number of carbonyl (C=O) groups is 2. The zero-order valence-electron chi connectivity index (χ0n) is 23.2. The van der Waals surface area contributed by atoms with Gasteiger partial charge < -0.3 is 24.1 Å². The Labute approximate surface area is 234 Å². The van der Waals surface area contributed by atoms with Crippen LogP contribution in [0, 0.1) is 0 Å². The second-order valence-electron chi connectivity index (χ2n) is 9.86. The molecule has 212 valence electrons. The Morgan fingerprint density at radius 3 is 2.15 bits per heavy atom. The van der Waals surface area contributed by atoms with Gasteiger partial charge in [-0.2, -0.15) is 10.0 Å². The number of nitrogens with zero attached hydrogens (tertiary/aromatic N) is 2. The van der Waals surface area contributed by atoms with E-state index in [1.165, 1.54) is 0 Å². The van der Waals surface area contributed by atoms with Crippen LogP contribution in [0.2, 0.25) is 0 Å². The molecule has 0 radical (unpaired) electrons. The average molecular weight is 549 g/mol. The smallest absolute Gasteiger partial charge is 0.432 e. The number of benzene rings is 3. The molecule has 1 saturated heterocycles. The highest BCUT2D eigenvalue weighted by atomic mass is 16.6. The number of methoxy groups -OCH3 is 1. The maximum absolute atomic E-state index is 14.0. The lowest BCUT2D eigenvalue weighted by atomic mass is 10.0. The van der Waals surface area contributed by atoms with Gasteiger partial charge in [0.05, 0.1) is 26.4 Å². The Morgan fingerprint density at radius 1 is 0.950 bits per heavy atom. The van der Waals surface area contributed by atoms with Crippen molar-refractivity contribution in [2.45, 2.75) is 57.8 Å². The fourth-order valence-corrected chi connectivity index (χ4v) is 4.74. The topological polar surface area (TPSA) is 97.8 Å². The summed E-state index contributed by atoms with van der Waals surface area (Å²) in [4.78, 5) is 27.4. The highest BCUT2D eigenvalue weighted by Crippen LogP contribution is 2.34. The summed E-state index contributed by atoms with van der Waals surface area (Å²) in [5.74, 6) is 0.162. The standard InChI is InChI=1S/C31H36N2O7/c1-21(2)32-22(3)28(24-13-9-6-10-14-24)40-31(36)33(32)30(35)29(39-26-17-15-25(37-4)16-18-26)27(34)20-38-19-23-11-7-5-8-12-23/h5-18,21-22,27-29,34H,19-20H2,1-4H3/t22-,27+,28-,29-/m0/s1. The second kappa shape index (κ2) is 13.4. The molecule has 40 heavy (non-hydrogen) atoms. The number of aliphatic hydroxyl groups is 1. The van der Waals surface area contributed by atoms with Gasteiger partial charge in [0.25, 0.3) is 5.91 Å². The first-order valence-corrected chi connectivity index (χ1v) is 13.3. The van der Waals surface area contributed by atoms with Crippen molar-refractivity contribution in [3.05, 3.63) is 96.1 Å². The van der Waals surface area contributed by atoms with E-state index in [1.54, 1.807) is 36.4 Å². The molecule has 1 heterocycles. The highest BCUT2D eigenvalue weighted by molar-refractivity contribution is 5.95. The lowest BCUT2D eigenvalue weighted by Gasteiger charge is -2.47.